The first-order valence-corrected chi connectivity index (χ1v) is 9.79. The molecule has 148 valence electrons. The van der Waals surface area contributed by atoms with Crippen molar-refractivity contribution < 1.29 is 14.3 Å². The van der Waals surface area contributed by atoms with Gasteiger partial charge in [0.05, 0.1) is 5.56 Å². The van der Waals surface area contributed by atoms with E-state index in [-0.39, 0.29) is 5.91 Å². The summed E-state index contributed by atoms with van der Waals surface area (Å²) in [4.78, 5) is 28.6. The highest BCUT2D eigenvalue weighted by atomic mass is 16.5. The number of benzene rings is 2. The third kappa shape index (κ3) is 4.98. The van der Waals surface area contributed by atoms with Gasteiger partial charge in [-0.25, -0.2) is 0 Å². The second-order valence-electron chi connectivity index (χ2n) is 7.43. The molecule has 0 N–H and O–H groups in total. The Balaban J connectivity index is 1.65. The van der Waals surface area contributed by atoms with Gasteiger partial charge in [-0.3, -0.25) is 14.5 Å². The zero-order valence-electron chi connectivity index (χ0n) is 16.9. The van der Waals surface area contributed by atoms with E-state index in [2.05, 4.69) is 36.9 Å². The van der Waals surface area contributed by atoms with Gasteiger partial charge in [0.15, 0.2) is 0 Å². The molecular weight excluding hydrogens is 352 g/mol. The second kappa shape index (κ2) is 9.02. The van der Waals surface area contributed by atoms with Gasteiger partial charge in [-0.1, -0.05) is 30.3 Å². The number of amides is 1. The fourth-order valence-electron chi connectivity index (χ4n) is 3.55. The molecule has 3 rings (SSSR count). The molecule has 0 aromatic heterocycles. The number of carbonyl (C=O) groups excluding carboxylic acids is 2. The van der Waals surface area contributed by atoms with Crippen LogP contribution in [0.5, 0.6) is 5.75 Å². The number of hydrogen-bond acceptors (Lipinski definition) is 4. The molecule has 1 amide bonds. The maximum absolute atomic E-state index is 13.0. The molecule has 1 saturated heterocycles. The minimum atomic E-state index is -0.421. The summed E-state index contributed by atoms with van der Waals surface area (Å²) in [6.45, 7) is 9.67. The number of carbonyl (C=O) groups is 2. The minimum absolute atomic E-state index is 0.0788. The first kappa shape index (κ1) is 20.1. The summed E-state index contributed by atoms with van der Waals surface area (Å²) in [5, 5.41) is 0. The standard InChI is InChI=1S/C23H28N2O3/c1-17-9-10-20(15-18(17)2)16-24-11-6-12-25(14-13-24)23(27)21-7-4-5-8-22(21)28-19(3)26/h4-5,7-10,15H,6,11-14,16H2,1-3H3. The zero-order valence-corrected chi connectivity index (χ0v) is 16.9. The summed E-state index contributed by atoms with van der Waals surface area (Å²) in [5.41, 5.74) is 4.37. The highest BCUT2D eigenvalue weighted by molar-refractivity contribution is 5.97. The van der Waals surface area contributed by atoms with Crippen molar-refractivity contribution in [2.24, 2.45) is 0 Å². The van der Waals surface area contributed by atoms with E-state index in [4.69, 9.17) is 4.74 Å². The van der Waals surface area contributed by atoms with Crippen LogP contribution in [0, 0.1) is 13.8 Å². The van der Waals surface area contributed by atoms with Crippen LogP contribution in [-0.2, 0) is 11.3 Å². The number of ether oxygens (including phenoxy) is 1. The highest BCUT2D eigenvalue weighted by Crippen LogP contribution is 2.21. The molecule has 1 heterocycles. The average Bonchev–Trinajstić information content (AvgIpc) is 2.90. The molecule has 0 bridgehead atoms. The average molecular weight is 380 g/mol. The van der Waals surface area contributed by atoms with Crippen molar-refractivity contribution in [1.82, 2.24) is 9.80 Å². The van der Waals surface area contributed by atoms with E-state index >= 15 is 0 Å². The molecule has 28 heavy (non-hydrogen) atoms. The molecule has 5 nitrogen and oxygen atoms in total. The van der Waals surface area contributed by atoms with Gasteiger partial charge in [-0.05, 0) is 49.1 Å². The Hall–Kier alpha value is -2.66. The van der Waals surface area contributed by atoms with Crippen molar-refractivity contribution in [3.63, 3.8) is 0 Å². The first-order chi connectivity index (χ1) is 13.4. The van der Waals surface area contributed by atoms with Gasteiger partial charge in [-0.2, -0.15) is 0 Å². The zero-order chi connectivity index (χ0) is 20.1. The molecule has 1 aliphatic rings. The largest absolute Gasteiger partial charge is 0.426 e. The molecule has 0 unspecified atom stereocenters. The third-order valence-corrected chi connectivity index (χ3v) is 5.22. The predicted octanol–water partition coefficient (Wildman–Crippen LogP) is 3.58. The van der Waals surface area contributed by atoms with Crippen molar-refractivity contribution in [2.45, 2.75) is 33.7 Å². The molecule has 0 spiro atoms. The van der Waals surface area contributed by atoms with Crippen LogP contribution in [0.25, 0.3) is 0 Å². The van der Waals surface area contributed by atoms with Crippen LogP contribution in [0.2, 0.25) is 0 Å². The van der Waals surface area contributed by atoms with Crippen LogP contribution < -0.4 is 4.74 Å². The molecule has 2 aromatic rings. The van der Waals surface area contributed by atoms with Gasteiger partial charge in [-0.15, -0.1) is 0 Å². The van der Waals surface area contributed by atoms with E-state index < -0.39 is 5.97 Å². The van der Waals surface area contributed by atoms with Crippen molar-refractivity contribution in [3.8, 4) is 5.75 Å². The molecular formula is C23H28N2O3. The SMILES string of the molecule is CC(=O)Oc1ccccc1C(=O)N1CCCN(Cc2ccc(C)c(C)c2)CC1. The lowest BCUT2D eigenvalue weighted by Gasteiger charge is -2.23. The third-order valence-electron chi connectivity index (χ3n) is 5.22. The van der Waals surface area contributed by atoms with Crippen LogP contribution in [0.15, 0.2) is 42.5 Å². The number of nitrogens with zero attached hydrogens (tertiary/aromatic N) is 2. The molecule has 5 heteroatoms. The highest BCUT2D eigenvalue weighted by Gasteiger charge is 2.23. The number of esters is 1. The van der Waals surface area contributed by atoms with Gasteiger partial charge in [0.1, 0.15) is 5.75 Å². The van der Waals surface area contributed by atoms with Crippen LogP contribution in [0.1, 0.15) is 40.4 Å². The van der Waals surface area contributed by atoms with Crippen LogP contribution >= 0.6 is 0 Å². The monoisotopic (exact) mass is 380 g/mol. The van der Waals surface area contributed by atoms with Crippen LogP contribution in [0.4, 0.5) is 0 Å². The molecule has 0 radical (unpaired) electrons. The summed E-state index contributed by atoms with van der Waals surface area (Å²) < 4.78 is 5.21. The van der Waals surface area contributed by atoms with E-state index in [1.165, 1.54) is 23.6 Å². The topological polar surface area (TPSA) is 49.9 Å². The van der Waals surface area contributed by atoms with Crippen molar-refractivity contribution in [1.29, 1.82) is 0 Å². The Kier molecular flexibility index (Phi) is 6.47. The van der Waals surface area contributed by atoms with Crippen LogP contribution in [0.3, 0.4) is 0 Å². The first-order valence-electron chi connectivity index (χ1n) is 9.79. The fraction of sp³-hybridized carbons (Fsp3) is 0.391. The lowest BCUT2D eigenvalue weighted by molar-refractivity contribution is -0.131. The number of hydrogen-bond donors (Lipinski definition) is 0. The Bertz CT molecular complexity index is 863. The molecule has 2 aromatic carbocycles. The quantitative estimate of drug-likeness (QED) is 0.601. The Morgan fingerprint density at radius 3 is 2.50 bits per heavy atom. The fourth-order valence-corrected chi connectivity index (χ4v) is 3.55. The van der Waals surface area contributed by atoms with Crippen molar-refractivity contribution in [2.75, 3.05) is 26.2 Å². The normalized spacial score (nSPS) is 15.2. The molecule has 1 fully saturated rings. The van der Waals surface area contributed by atoms with E-state index in [0.29, 0.717) is 24.4 Å². The maximum Gasteiger partial charge on any atom is 0.308 e. The van der Waals surface area contributed by atoms with E-state index in [1.807, 2.05) is 4.90 Å². The van der Waals surface area contributed by atoms with Gasteiger partial charge in [0.2, 0.25) is 0 Å². The summed E-state index contributed by atoms with van der Waals surface area (Å²) >= 11 is 0. The lowest BCUT2D eigenvalue weighted by Crippen LogP contribution is -2.35. The van der Waals surface area contributed by atoms with E-state index in [0.717, 1.165) is 26.1 Å². The Labute approximate surface area is 166 Å². The summed E-state index contributed by atoms with van der Waals surface area (Å²) in [5.74, 6) is -0.170. The van der Waals surface area contributed by atoms with Crippen molar-refractivity contribution in [3.05, 3.63) is 64.7 Å². The minimum Gasteiger partial charge on any atom is -0.426 e. The number of aryl methyl sites for hydroxylation is 2. The molecule has 0 saturated carbocycles. The Morgan fingerprint density at radius 1 is 0.964 bits per heavy atom. The number of rotatable bonds is 4. The molecule has 0 aliphatic carbocycles. The second-order valence-corrected chi connectivity index (χ2v) is 7.43. The summed E-state index contributed by atoms with van der Waals surface area (Å²) in [6, 6.07) is 13.6. The van der Waals surface area contributed by atoms with Crippen molar-refractivity contribution >= 4 is 11.9 Å². The molecule has 1 aliphatic heterocycles. The lowest BCUT2D eigenvalue weighted by atomic mass is 10.1. The van der Waals surface area contributed by atoms with Gasteiger partial charge in [0.25, 0.3) is 5.91 Å². The van der Waals surface area contributed by atoms with E-state index in [1.54, 1.807) is 24.3 Å². The smallest absolute Gasteiger partial charge is 0.308 e. The van der Waals surface area contributed by atoms with Gasteiger partial charge < -0.3 is 9.64 Å². The van der Waals surface area contributed by atoms with Crippen LogP contribution in [-0.4, -0.2) is 47.9 Å². The van der Waals surface area contributed by atoms with Gasteiger partial charge in [0, 0.05) is 39.6 Å². The maximum atomic E-state index is 13.0. The molecule has 0 atom stereocenters. The summed E-state index contributed by atoms with van der Waals surface area (Å²) in [6.07, 6.45) is 0.923. The number of para-hydroxylation sites is 1. The Morgan fingerprint density at radius 2 is 1.75 bits per heavy atom. The van der Waals surface area contributed by atoms with Gasteiger partial charge >= 0.3 is 5.97 Å². The summed E-state index contributed by atoms with van der Waals surface area (Å²) in [7, 11) is 0. The predicted molar refractivity (Wildman–Crippen MR) is 109 cm³/mol. The van der Waals surface area contributed by atoms with E-state index in [9.17, 15) is 9.59 Å².